The number of hydrogen-bond acceptors (Lipinski definition) is 1. The Kier molecular flexibility index (Phi) is 3.47. The highest BCUT2D eigenvalue weighted by Gasteiger charge is 2.12. The summed E-state index contributed by atoms with van der Waals surface area (Å²) in [5.74, 6) is 2.12. The fourth-order valence-electron chi connectivity index (χ4n) is 1.72. The molecule has 0 aromatic rings. The van der Waals surface area contributed by atoms with Crippen molar-refractivity contribution < 1.29 is 4.74 Å². The van der Waals surface area contributed by atoms with Crippen LogP contribution in [0.4, 0.5) is 0 Å². The molecule has 0 N–H and O–H groups in total. The maximum atomic E-state index is 5.18. The van der Waals surface area contributed by atoms with Crippen molar-refractivity contribution in [1.82, 2.24) is 0 Å². The lowest BCUT2D eigenvalue weighted by Gasteiger charge is -2.20. The van der Waals surface area contributed by atoms with Crippen molar-refractivity contribution in [1.29, 1.82) is 0 Å². The first-order valence-electron chi connectivity index (χ1n) is 4.59. The van der Waals surface area contributed by atoms with Crippen molar-refractivity contribution in [3.05, 3.63) is 11.8 Å². The van der Waals surface area contributed by atoms with Crippen LogP contribution in [0.15, 0.2) is 11.8 Å². The van der Waals surface area contributed by atoms with Crippen molar-refractivity contribution in [3.63, 3.8) is 0 Å². The average molecular weight is 154 g/mol. The Hall–Kier alpha value is -0.460. The van der Waals surface area contributed by atoms with E-state index in [-0.39, 0.29) is 0 Å². The zero-order chi connectivity index (χ0) is 8.10. The molecular formula is C10H18O. The van der Waals surface area contributed by atoms with Gasteiger partial charge in [-0.3, -0.25) is 0 Å². The van der Waals surface area contributed by atoms with Crippen LogP contribution in [-0.2, 0) is 4.74 Å². The van der Waals surface area contributed by atoms with Crippen LogP contribution in [-0.4, -0.2) is 7.11 Å². The van der Waals surface area contributed by atoms with Crippen molar-refractivity contribution in [2.75, 3.05) is 7.11 Å². The fraction of sp³-hybridized carbons (Fsp3) is 0.800. The standard InChI is InChI=1S/C10H18O/c1-3-4-9-5-7-10(11-2)8-6-9/h7,9H,3-6,8H2,1-2H3. The van der Waals surface area contributed by atoms with Gasteiger partial charge in [0.1, 0.15) is 0 Å². The van der Waals surface area contributed by atoms with Gasteiger partial charge in [0.05, 0.1) is 12.9 Å². The molecule has 0 amide bonds. The van der Waals surface area contributed by atoms with E-state index in [0.717, 1.165) is 12.3 Å². The van der Waals surface area contributed by atoms with Gasteiger partial charge in [0.15, 0.2) is 0 Å². The molecule has 1 unspecified atom stereocenters. The number of methoxy groups -OCH3 is 1. The van der Waals surface area contributed by atoms with Crippen molar-refractivity contribution >= 4 is 0 Å². The van der Waals surface area contributed by atoms with E-state index >= 15 is 0 Å². The van der Waals surface area contributed by atoms with Gasteiger partial charge in [-0.1, -0.05) is 19.8 Å². The quantitative estimate of drug-likeness (QED) is 0.607. The highest BCUT2D eigenvalue weighted by molar-refractivity contribution is 4.98. The largest absolute Gasteiger partial charge is 0.501 e. The minimum Gasteiger partial charge on any atom is -0.501 e. The van der Waals surface area contributed by atoms with Crippen molar-refractivity contribution in [3.8, 4) is 0 Å². The lowest BCUT2D eigenvalue weighted by atomic mass is 9.90. The molecule has 0 heterocycles. The predicted molar refractivity (Wildman–Crippen MR) is 47.3 cm³/mol. The van der Waals surface area contributed by atoms with E-state index in [1.54, 1.807) is 7.11 Å². The Morgan fingerprint density at radius 2 is 2.45 bits per heavy atom. The normalized spacial score (nSPS) is 24.5. The van der Waals surface area contributed by atoms with Gasteiger partial charge in [-0.25, -0.2) is 0 Å². The molecule has 0 saturated heterocycles. The zero-order valence-electron chi connectivity index (χ0n) is 7.60. The van der Waals surface area contributed by atoms with Crippen LogP contribution in [0.25, 0.3) is 0 Å². The Morgan fingerprint density at radius 3 is 2.91 bits per heavy atom. The first-order chi connectivity index (χ1) is 5.36. The number of ether oxygens (including phenoxy) is 1. The fourth-order valence-corrected chi connectivity index (χ4v) is 1.72. The van der Waals surface area contributed by atoms with Crippen LogP contribution in [0.1, 0.15) is 39.0 Å². The molecule has 1 aliphatic rings. The SMILES string of the molecule is CCCC1CC=C(OC)CC1. The highest BCUT2D eigenvalue weighted by atomic mass is 16.5. The molecule has 0 aromatic carbocycles. The van der Waals surface area contributed by atoms with Gasteiger partial charge in [0.2, 0.25) is 0 Å². The van der Waals surface area contributed by atoms with Crippen LogP contribution in [0.2, 0.25) is 0 Å². The molecule has 0 spiro atoms. The summed E-state index contributed by atoms with van der Waals surface area (Å²) in [6.45, 7) is 2.26. The number of rotatable bonds is 3. The molecule has 0 aliphatic heterocycles. The lowest BCUT2D eigenvalue weighted by molar-refractivity contribution is 0.250. The van der Waals surface area contributed by atoms with Crippen LogP contribution < -0.4 is 0 Å². The first kappa shape index (κ1) is 8.63. The second-order valence-corrected chi connectivity index (χ2v) is 3.30. The summed E-state index contributed by atoms with van der Waals surface area (Å²) in [6.07, 6.45) is 8.67. The van der Waals surface area contributed by atoms with E-state index in [4.69, 9.17) is 4.74 Å². The third-order valence-electron chi connectivity index (χ3n) is 2.44. The minimum atomic E-state index is 0.930. The molecule has 1 rings (SSSR count). The van der Waals surface area contributed by atoms with E-state index in [1.807, 2.05) is 0 Å². The Bertz CT molecular complexity index is 138. The molecule has 11 heavy (non-hydrogen) atoms. The predicted octanol–water partition coefficient (Wildman–Crippen LogP) is 3.12. The molecule has 1 atom stereocenters. The molecule has 0 saturated carbocycles. The van der Waals surface area contributed by atoms with Gasteiger partial charge in [-0.15, -0.1) is 0 Å². The van der Waals surface area contributed by atoms with Crippen LogP contribution in [0, 0.1) is 5.92 Å². The maximum absolute atomic E-state index is 5.18. The summed E-state index contributed by atoms with van der Waals surface area (Å²) >= 11 is 0. The topological polar surface area (TPSA) is 9.23 Å². The third-order valence-corrected chi connectivity index (χ3v) is 2.44. The molecule has 64 valence electrons. The number of hydrogen-bond donors (Lipinski definition) is 0. The molecule has 1 aliphatic carbocycles. The van der Waals surface area contributed by atoms with E-state index < -0.39 is 0 Å². The molecule has 0 bridgehead atoms. The molecule has 1 heteroatoms. The van der Waals surface area contributed by atoms with Gasteiger partial charge in [-0.05, 0) is 24.8 Å². The van der Waals surface area contributed by atoms with Gasteiger partial charge < -0.3 is 4.74 Å². The van der Waals surface area contributed by atoms with Crippen molar-refractivity contribution in [2.45, 2.75) is 39.0 Å². The van der Waals surface area contributed by atoms with E-state index in [9.17, 15) is 0 Å². The van der Waals surface area contributed by atoms with Crippen LogP contribution in [0.5, 0.6) is 0 Å². The van der Waals surface area contributed by atoms with Gasteiger partial charge >= 0.3 is 0 Å². The highest BCUT2D eigenvalue weighted by Crippen LogP contribution is 2.26. The summed E-state index contributed by atoms with van der Waals surface area (Å²) in [7, 11) is 1.77. The maximum Gasteiger partial charge on any atom is 0.0915 e. The Labute approximate surface area is 69.4 Å². The second kappa shape index (κ2) is 4.42. The lowest BCUT2D eigenvalue weighted by Crippen LogP contribution is -2.05. The van der Waals surface area contributed by atoms with Gasteiger partial charge in [0, 0.05) is 6.42 Å². The van der Waals surface area contributed by atoms with Crippen molar-refractivity contribution in [2.24, 2.45) is 5.92 Å². The van der Waals surface area contributed by atoms with Gasteiger partial charge in [0.25, 0.3) is 0 Å². The van der Waals surface area contributed by atoms with E-state index in [2.05, 4.69) is 13.0 Å². The molecule has 0 radical (unpaired) electrons. The Morgan fingerprint density at radius 1 is 1.64 bits per heavy atom. The van der Waals surface area contributed by atoms with Crippen LogP contribution >= 0.6 is 0 Å². The smallest absolute Gasteiger partial charge is 0.0915 e. The molecule has 0 aromatic heterocycles. The summed E-state index contributed by atoms with van der Waals surface area (Å²) in [6, 6.07) is 0. The van der Waals surface area contributed by atoms with E-state index in [1.165, 1.54) is 31.4 Å². The molecule has 0 fully saturated rings. The van der Waals surface area contributed by atoms with Crippen LogP contribution in [0.3, 0.4) is 0 Å². The first-order valence-corrected chi connectivity index (χ1v) is 4.59. The van der Waals surface area contributed by atoms with Gasteiger partial charge in [-0.2, -0.15) is 0 Å². The second-order valence-electron chi connectivity index (χ2n) is 3.30. The monoisotopic (exact) mass is 154 g/mol. The average Bonchev–Trinajstić information content (AvgIpc) is 2.07. The summed E-state index contributed by atoms with van der Waals surface area (Å²) in [5.41, 5.74) is 0. The Balaban J connectivity index is 2.29. The minimum absolute atomic E-state index is 0.930. The zero-order valence-corrected chi connectivity index (χ0v) is 7.60. The summed E-state index contributed by atoms with van der Waals surface area (Å²) in [4.78, 5) is 0. The van der Waals surface area contributed by atoms with E-state index in [0.29, 0.717) is 0 Å². The third kappa shape index (κ3) is 2.57. The summed E-state index contributed by atoms with van der Waals surface area (Å²) in [5, 5.41) is 0. The summed E-state index contributed by atoms with van der Waals surface area (Å²) < 4.78 is 5.18. The molecule has 1 nitrogen and oxygen atoms in total. The molecular weight excluding hydrogens is 136 g/mol. The number of allylic oxidation sites excluding steroid dienone is 2.